The molecule has 2 aromatic rings. The number of rotatable bonds is 4. The molecule has 98 valence electrons. The molecule has 0 aliphatic heterocycles. The van der Waals surface area contributed by atoms with Crippen LogP contribution < -0.4 is 0 Å². The maximum Gasteiger partial charge on any atom is 0.163 e. The summed E-state index contributed by atoms with van der Waals surface area (Å²) in [4.78, 5) is 12.0. The first-order valence-electron chi connectivity index (χ1n) is 6.40. The minimum absolute atomic E-state index is 0.0151. The van der Waals surface area contributed by atoms with Gasteiger partial charge in [0.15, 0.2) is 5.78 Å². The van der Waals surface area contributed by atoms with E-state index in [1.54, 1.807) is 12.1 Å². The number of halogens is 1. The van der Waals surface area contributed by atoms with E-state index >= 15 is 0 Å². The van der Waals surface area contributed by atoms with Crippen molar-refractivity contribution in [3.63, 3.8) is 0 Å². The summed E-state index contributed by atoms with van der Waals surface area (Å²) in [6.07, 6.45) is 1.10. The Balaban J connectivity index is 2.04. The minimum atomic E-state index is -0.364. The molecule has 0 bridgehead atoms. The average molecular weight is 256 g/mol. The standard InChI is InChI=1S/C17H17FO/c1-12-8-13(2)10-14(9-12)6-7-17(19)15-4-3-5-16(18)11-15/h3-5,8-11H,6-7H2,1-2H3. The molecule has 1 nitrogen and oxygen atoms in total. The summed E-state index contributed by atoms with van der Waals surface area (Å²) < 4.78 is 13.0. The lowest BCUT2D eigenvalue weighted by atomic mass is 10.00. The van der Waals surface area contributed by atoms with E-state index in [-0.39, 0.29) is 11.6 Å². The second-order valence-electron chi connectivity index (χ2n) is 4.93. The predicted molar refractivity (Wildman–Crippen MR) is 75.0 cm³/mol. The van der Waals surface area contributed by atoms with Crippen molar-refractivity contribution in [1.29, 1.82) is 0 Å². The Hall–Kier alpha value is -1.96. The third-order valence-electron chi connectivity index (χ3n) is 3.07. The first-order valence-corrected chi connectivity index (χ1v) is 6.40. The van der Waals surface area contributed by atoms with Gasteiger partial charge in [-0.25, -0.2) is 4.39 Å². The lowest BCUT2D eigenvalue weighted by Gasteiger charge is -2.05. The molecule has 0 N–H and O–H groups in total. The van der Waals surface area contributed by atoms with Crippen LogP contribution in [0, 0.1) is 19.7 Å². The van der Waals surface area contributed by atoms with Crippen molar-refractivity contribution in [2.75, 3.05) is 0 Å². The highest BCUT2D eigenvalue weighted by atomic mass is 19.1. The molecule has 2 heteroatoms. The van der Waals surface area contributed by atoms with Gasteiger partial charge in [0, 0.05) is 12.0 Å². The molecular formula is C17H17FO. The van der Waals surface area contributed by atoms with Crippen LogP contribution in [0.5, 0.6) is 0 Å². The molecule has 0 heterocycles. The van der Waals surface area contributed by atoms with Crippen LogP contribution in [0.15, 0.2) is 42.5 Å². The number of hydrogen-bond donors (Lipinski definition) is 0. The summed E-state index contributed by atoms with van der Waals surface area (Å²) in [5, 5.41) is 0. The van der Waals surface area contributed by atoms with E-state index in [9.17, 15) is 9.18 Å². The largest absolute Gasteiger partial charge is 0.294 e. The quantitative estimate of drug-likeness (QED) is 0.747. The maximum absolute atomic E-state index is 13.0. The second-order valence-corrected chi connectivity index (χ2v) is 4.93. The molecule has 0 saturated heterocycles. The number of aryl methyl sites for hydroxylation is 3. The summed E-state index contributed by atoms with van der Waals surface area (Å²) in [5.41, 5.74) is 4.01. The smallest absolute Gasteiger partial charge is 0.163 e. The van der Waals surface area contributed by atoms with Gasteiger partial charge >= 0.3 is 0 Å². The lowest BCUT2D eigenvalue weighted by Crippen LogP contribution is -2.02. The lowest BCUT2D eigenvalue weighted by molar-refractivity contribution is 0.0982. The van der Waals surface area contributed by atoms with Gasteiger partial charge in [-0.1, -0.05) is 41.5 Å². The fraction of sp³-hybridized carbons (Fsp3) is 0.235. The van der Waals surface area contributed by atoms with Crippen LogP contribution in [-0.4, -0.2) is 5.78 Å². The minimum Gasteiger partial charge on any atom is -0.294 e. The van der Waals surface area contributed by atoms with Gasteiger partial charge in [-0.3, -0.25) is 4.79 Å². The van der Waals surface area contributed by atoms with Crippen molar-refractivity contribution in [2.45, 2.75) is 26.7 Å². The van der Waals surface area contributed by atoms with Gasteiger partial charge in [-0.15, -0.1) is 0 Å². The van der Waals surface area contributed by atoms with E-state index in [1.807, 2.05) is 13.8 Å². The third-order valence-corrected chi connectivity index (χ3v) is 3.07. The fourth-order valence-electron chi connectivity index (χ4n) is 2.28. The zero-order valence-corrected chi connectivity index (χ0v) is 11.2. The second kappa shape index (κ2) is 5.79. The molecule has 0 aromatic heterocycles. The summed E-state index contributed by atoms with van der Waals surface area (Å²) in [6.45, 7) is 4.09. The molecule has 0 atom stereocenters. The van der Waals surface area contributed by atoms with Crippen molar-refractivity contribution < 1.29 is 9.18 Å². The van der Waals surface area contributed by atoms with Crippen molar-refractivity contribution in [3.05, 3.63) is 70.5 Å². The summed E-state index contributed by atoms with van der Waals surface area (Å²) >= 11 is 0. The summed E-state index contributed by atoms with van der Waals surface area (Å²) in [6, 6.07) is 12.2. The first-order chi connectivity index (χ1) is 9.04. The Morgan fingerprint density at radius 1 is 1.05 bits per heavy atom. The predicted octanol–water partition coefficient (Wildman–Crippen LogP) is 4.26. The highest BCUT2D eigenvalue weighted by molar-refractivity contribution is 5.96. The van der Waals surface area contributed by atoms with Crippen molar-refractivity contribution in [3.8, 4) is 0 Å². The molecule has 0 spiro atoms. The molecule has 2 aromatic carbocycles. The number of benzene rings is 2. The monoisotopic (exact) mass is 256 g/mol. The fourth-order valence-corrected chi connectivity index (χ4v) is 2.28. The van der Waals surface area contributed by atoms with E-state index in [0.29, 0.717) is 18.4 Å². The van der Waals surface area contributed by atoms with Crippen molar-refractivity contribution in [2.24, 2.45) is 0 Å². The summed E-state index contributed by atoms with van der Waals surface area (Å²) in [7, 11) is 0. The Morgan fingerprint density at radius 3 is 2.37 bits per heavy atom. The number of hydrogen-bond acceptors (Lipinski definition) is 1. The van der Waals surface area contributed by atoms with Gasteiger partial charge in [0.25, 0.3) is 0 Å². The van der Waals surface area contributed by atoms with Gasteiger partial charge < -0.3 is 0 Å². The van der Waals surface area contributed by atoms with E-state index < -0.39 is 0 Å². The molecule has 0 radical (unpaired) electrons. The van der Waals surface area contributed by atoms with Crippen LogP contribution in [0.4, 0.5) is 4.39 Å². The van der Waals surface area contributed by atoms with Gasteiger partial charge in [-0.05, 0) is 38.0 Å². The molecule has 0 aliphatic carbocycles. The topological polar surface area (TPSA) is 17.1 Å². The molecule has 0 unspecified atom stereocenters. The zero-order chi connectivity index (χ0) is 13.8. The van der Waals surface area contributed by atoms with Crippen molar-refractivity contribution in [1.82, 2.24) is 0 Å². The average Bonchev–Trinajstić information content (AvgIpc) is 2.35. The Bertz CT molecular complexity index is 582. The van der Waals surface area contributed by atoms with E-state index in [2.05, 4.69) is 18.2 Å². The molecule has 0 amide bonds. The first kappa shape index (κ1) is 13.5. The molecule has 2 rings (SSSR count). The van der Waals surface area contributed by atoms with Gasteiger partial charge in [0.1, 0.15) is 5.82 Å². The van der Waals surface area contributed by atoms with Gasteiger partial charge in [0.05, 0.1) is 0 Å². The van der Waals surface area contributed by atoms with Crippen molar-refractivity contribution >= 4 is 5.78 Å². The third kappa shape index (κ3) is 3.75. The van der Waals surface area contributed by atoms with Crippen LogP contribution in [-0.2, 0) is 6.42 Å². The van der Waals surface area contributed by atoms with Gasteiger partial charge in [0.2, 0.25) is 0 Å². The molecule has 0 aliphatic rings. The van der Waals surface area contributed by atoms with E-state index in [0.717, 1.165) is 5.56 Å². The molecular weight excluding hydrogens is 239 g/mol. The van der Waals surface area contributed by atoms with Crippen LogP contribution in [0.25, 0.3) is 0 Å². The Kier molecular flexibility index (Phi) is 4.10. The highest BCUT2D eigenvalue weighted by Gasteiger charge is 2.07. The molecule has 0 saturated carbocycles. The van der Waals surface area contributed by atoms with Crippen LogP contribution >= 0.6 is 0 Å². The van der Waals surface area contributed by atoms with Gasteiger partial charge in [-0.2, -0.15) is 0 Å². The van der Waals surface area contributed by atoms with E-state index in [1.165, 1.54) is 23.3 Å². The summed E-state index contributed by atoms with van der Waals surface area (Å²) in [5.74, 6) is -0.379. The van der Waals surface area contributed by atoms with Crippen LogP contribution in [0.2, 0.25) is 0 Å². The highest BCUT2D eigenvalue weighted by Crippen LogP contribution is 2.13. The Labute approximate surface area is 113 Å². The normalized spacial score (nSPS) is 10.5. The maximum atomic E-state index is 13.0. The number of ketones is 1. The Morgan fingerprint density at radius 2 is 1.74 bits per heavy atom. The SMILES string of the molecule is Cc1cc(C)cc(CCC(=O)c2cccc(F)c2)c1. The number of carbonyl (C=O) groups excluding carboxylic acids is 1. The van der Waals surface area contributed by atoms with Crippen LogP contribution in [0.3, 0.4) is 0 Å². The van der Waals surface area contributed by atoms with Crippen LogP contribution in [0.1, 0.15) is 33.5 Å². The number of carbonyl (C=O) groups is 1. The molecule has 19 heavy (non-hydrogen) atoms. The number of Topliss-reactive ketones (excluding diaryl/α,β-unsaturated/α-hetero) is 1. The molecule has 0 fully saturated rings. The zero-order valence-electron chi connectivity index (χ0n) is 11.2. The van der Waals surface area contributed by atoms with E-state index in [4.69, 9.17) is 0 Å².